The molecule has 2 N–H and O–H groups in total. The van der Waals surface area contributed by atoms with E-state index in [1.807, 2.05) is 31.5 Å². The first-order valence-corrected chi connectivity index (χ1v) is 10.2. The number of aliphatic imine (C=N–C) groups is 1. The summed E-state index contributed by atoms with van der Waals surface area (Å²) in [5, 5.41) is 1.66. The van der Waals surface area contributed by atoms with Crippen molar-refractivity contribution in [2.45, 2.75) is 19.1 Å². The first kappa shape index (κ1) is 19.8. The van der Waals surface area contributed by atoms with Crippen LogP contribution < -0.4 is 10.9 Å². The van der Waals surface area contributed by atoms with Gasteiger partial charge in [-0.25, -0.2) is 10.2 Å². The first-order valence-electron chi connectivity index (χ1n) is 8.04. The average molecular weight is 378 g/mol. The standard InChI is InChI=1S/C19H24FN3S2/c1-14-6-4-9-18(23(2)21)17(14)13-25-19(24-3)22-11-10-15-7-5-8-16(20)12-15/h4-9,12H,10-11,13,21H2,1-3H3/b22-19+. The van der Waals surface area contributed by atoms with Gasteiger partial charge in [0, 0.05) is 19.3 Å². The third-order valence-corrected chi connectivity index (χ3v) is 5.95. The van der Waals surface area contributed by atoms with Gasteiger partial charge in [0.15, 0.2) is 0 Å². The Morgan fingerprint density at radius 2 is 2.00 bits per heavy atom. The molecule has 0 fully saturated rings. The van der Waals surface area contributed by atoms with Crippen LogP contribution in [0.4, 0.5) is 10.1 Å². The Morgan fingerprint density at radius 3 is 2.68 bits per heavy atom. The molecule has 25 heavy (non-hydrogen) atoms. The van der Waals surface area contributed by atoms with Crippen LogP contribution in [0.2, 0.25) is 0 Å². The second kappa shape index (κ2) is 9.85. The summed E-state index contributed by atoms with van der Waals surface area (Å²) in [4.78, 5) is 4.66. The number of halogens is 1. The highest BCUT2D eigenvalue weighted by Crippen LogP contribution is 2.28. The Bertz CT molecular complexity index is 732. The van der Waals surface area contributed by atoms with Gasteiger partial charge >= 0.3 is 0 Å². The van der Waals surface area contributed by atoms with E-state index >= 15 is 0 Å². The van der Waals surface area contributed by atoms with Crippen molar-refractivity contribution in [2.24, 2.45) is 10.8 Å². The van der Waals surface area contributed by atoms with Gasteiger partial charge in [0.25, 0.3) is 0 Å². The van der Waals surface area contributed by atoms with E-state index in [0.29, 0.717) is 6.54 Å². The number of thioether (sulfide) groups is 2. The van der Waals surface area contributed by atoms with Crippen LogP contribution >= 0.6 is 23.5 Å². The Kier molecular flexibility index (Phi) is 7.81. The van der Waals surface area contributed by atoms with Gasteiger partial charge in [0.1, 0.15) is 10.2 Å². The molecule has 6 heteroatoms. The minimum atomic E-state index is -0.195. The Balaban J connectivity index is 1.98. The second-order valence-electron chi connectivity index (χ2n) is 5.70. The quantitative estimate of drug-likeness (QED) is 0.345. The van der Waals surface area contributed by atoms with Gasteiger partial charge in [-0.05, 0) is 54.5 Å². The van der Waals surface area contributed by atoms with Gasteiger partial charge in [0.05, 0.1) is 5.69 Å². The molecule has 0 atom stereocenters. The van der Waals surface area contributed by atoms with Gasteiger partial charge in [-0.3, -0.25) is 4.99 Å². The van der Waals surface area contributed by atoms with Crippen LogP contribution in [-0.2, 0) is 12.2 Å². The molecule has 2 aromatic carbocycles. The maximum Gasteiger partial charge on any atom is 0.124 e. The Labute approximate surface area is 157 Å². The molecule has 0 heterocycles. The second-order valence-corrected chi connectivity index (χ2v) is 7.72. The highest BCUT2D eigenvalue weighted by Gasteiger charge is 2.09. The van der Waals surface area contributed by atoms with Crippen molar-refractivity contribution < 1.29 is 4.39 Å². The summed E-state index contributed by atoms with van der Waals surface area (Å²) in [6.07, 6.45) is 2.77. The van der Waals surface area contributed by atoms with Crippen LogP contribution in [0.3, 0.4) is 0 Å². The van der Waals surface area contributed by atoms with E-state index in [1.165, 1.54) is 17.2 Å². The summed E-state index contributed by atoms with van der Waals surface area (Å²) in [6, 6.07) is 12.8. The van der Waals surface area contributed by atoms with E-state index in [1.54, 1.807) is 40.7 Å². The smallest absolute Gasteiger partial charge is 0.124 e. The van der Waals surface area contributed by atoms with Crippen LogP contribution in [0.25, 0.3) is 0 Å². The lowest BCUT2D eigenvalue weighted by Crippen LogP contribution is -2.26. The molecular formula is C19H24FN3S2. The molecule has 2 aromatic rings. The van der Waals surface area contributed by atoms with Crippen LogP contribution in [0, 0.1) is 12.7 Å². The number of nitrogens with two attached hydrogens (primary N) is 1. The van der Waals surface area contributed by atoms with Gasteiger partial charge in [-0.1, -0.05) is 36.0 Å². The van der Waals surface area contributed by atoms with Crippen LogP contribution in [-0.4, -0.2) is 24.2 Å². The lowest BCUT2D eigenvalue weighted by atomic mass is 10.1. The van der Waals surface area contributed by atoms with Crippen LogP contribution in [0.5, 0.6) is 0 Å². The van der Waals surface area contributed by atoms with E-state index in [4.69, 9.17) is 5.84 Å². The topological polar surface area (TPSA) is 41.6 Å². The molecule has 0 unspecified atom stereocenters. The third kappa shape index (κ3) is 6.06. The van der Waals surface area contributed by atoms with E-state index in [2.05, 4.69) is 18.0 Å². The number of anilines is 1. The van der Waals surface area contributed by atoms with Crippen molar-refractivity contribution >= 4 is 33.6 Å². The van der Waals surface area contributed by atoms with E-state index < -0.39 is 0 Å². The number of rotatable bonds is 6. The summed E-state index contributed by atoms with van der Waals surface area (Å²) in [5.41, 5.74) is 4.46. The fourth-order valence-electron chi connectivity index (χ4n) is 2.48. The zero-order valence-corrected chi connectivity index (χ0v) is 16.5. The van der Waals surface area contributed by atoms with E-state index in [-0.39, 0.29) is 5.82 Å². The summed E-state index contributed by atoms with van der Waals surface area (Å²) in [7, 11) is 1.85. The van der Waals surface area contributed by atoms with Gasteiger partial charge in [0.2, 0.25) is 0 Å². The fraction of sp³-hybridized carbons (Fsp3) is 0.316. The number of hydrogen-bond donors (Lipinski definition) is 1. The summed E-state index contributed by atoms with van der Waals surface area (Å²) >= 11 is 3.36. The zero-order valence-electron chi connectivity index (χ0n) is 14.8. The SMILES string of the molecule is CS/C(=N\CCc1cccc(F)c1)SCc1c(C)cccc1N(C)N. The molecule has 0 radical (unpaired) electrons. The highest BCUT2D eigenvalue weighted by molar-refractivity contribution is 8.38. The van der Waals surface area contributed by atoms with Gasteiger partial charge in [-0.15, -0.1) is 11.8 Å². The predicted octanol–water partition coefficient (Wildman–Crippen LogP) is 4.64. The molecular weight excluding hydrogens is 353 g/mol. The normalized spacial score (nSPS) is 11.6. The molecule has 0 saturated carbocycles. The number of nitrogens with zero attached hydrogens (tertiary/aromatic N) is 2. The monoisotopic (exact) mass is 377 g/mol. The maximum absolute atomic E-state index is 13.2. The molecule has 0 aliphatic carbocycles. The molecule has 0 spiro atoms. The highest BCUT2D eigenvalue weighted by atomic mass is 32.2. The summed E-state index contributed by atoms with van der Waals surface area (Å²) in [6.45, 7) is 2.76. The zero-order chi connectivity index (χ0) is 18.2. The average Bonchev–Trinajstić information content (AvgIpc) is 2.58. The predicted molar refractivity (Wildman–Crippen MR) is 111 cm³/mol. The van der Waals surface area contributed by atoms with Crippen molar-refractivity contribution in [1.29, 1.82) is 0 Å². The number of hydrazine groups is 1. The largest absolute Gasteiger partial charge is 0.314 e. The Morgan fingerprint density at radius 1 is 1.24 bits per heavy atom. The molecule has 0 saturated heterocycles. The minimum absolute atomic E-state index is 0.195. The molecule has 0 aromatic heterocycles. The van der Waals surface area contributed by atoms with E-state index in [9.17, 15) is 4.39 Å². The molecule has 3 nitrogen and oxygen atoms in total. The molecule has 2 rings (SSSR count). The third-order valence-electron chi connectivity index (χ3n) is 3.81. The van der Waals surface area contributed by atoms with Crippen molar-refractivity contribution in [3.8, 4) is 0 Å². The van der Waals surface area contributed by atoms with Crippen LogP contribution in [0.1, 0.15) is 16.7 Å². The lowest BCUT2D eigenvalue weighted by molar-refractivity contribution is 0.625. The van der Waals surface area contributed by atoms with Crippen molar-refractivity contribution in [3.05, 3.63) is 65.0 Å². The number of aryl methyl sites for hydroxylation is 1. The van der Waals surface area contributed by atoms with Crippen LogP contribution in [0.15, 0.2) is 47.5 Å². The van der Waals surface area contributed by atoms with Crippen molar-refractivity contribution in [1.82, 2.24) is 0 Å². The van der Waals surface area contributed by atoms with E-state index in [0.717, 1.165) is 27.8 Å². The molecule has 0 aliphatic heterocycles. The fourth-order valence-corrected chi connectivity index (χ4v) is 4.17. The Hall–Kier alpha value is -1.50. The lowest BCUT2D eigenvalue weighted by Gasteiger charge is -2.18. The molecule has 0 amide bonds. The number of hydrogen-bond acceptors (Lipinski definition) is 5. The maximum atomic E-state index is 13.2. The summed E-state index contributed by atoms with van der Waals surface area (Å²) < 4.78 is 14.2. The van der Waals surface area contributed by atoms with Gasteiger partial charge in [-0.2, -0.15) is 0 Å². The first-order chi connectivity index (χ1) is 12.0. The van der Waals surface area contributed by atoms with Crippen molar-refractivity contribution in [2.75, 3.05) is 24.9 Å². The minimum Gasteiger partial charge on any atom is -0.314 e. The molecule has 0 aliphatic rings. The van der Waals surface area contributed by atoms with Crippen molar-refractivity contribution in [3.63, 3.8) is 0 Å². The molecule has 134 valence electrons. The number of benzene rings is 2. The van der Waals surface area contributed by atoms with Gasteiger partial charge < -0.3 is 5.01 Å². The summed E-state index contributed by atoms with van der Waals surface area (Å²) in [5.74, 6) is 6.56. The molecule has 0 bridgehead atoms.